The Morgan fingerprint density at radius 3 is 1.24 bits per heavy atom. The summed E-state index contributed by atoms with van der Waals surface area (Å²) >= 11 is 0. The highest BCUT2D eigenvalue weighted by Crippen LogP contribution is 2.15. The number of carbonyl (C=O) groups is 1. The highest BCUT2D eigenvalue weighted by molar-refractivity contribution is 5.76. The lowest BCUT2D eigenvalue weighted by Crippen LogP contribution is -2.45. The third kappa shape index (κ3) is 43.1. The Labute approximate surface area is 343 Å². The van der Waals surface area contributed by atoms with Gasteiger partial charge in [-0.3, -0.25) is 4.79 Å². The van der Waals surface area contributed by atoms with Crippen LogP contribution in [0.5, 0.6) is 0 Å². The lowest BCUT2D eigenvalue weighted by molar-refractivity contribution is -0.123. The van der Waals surface area contributed by atoms with Crippen LogP contribution in [0.1, 0.15) is 239 Å². The summed E-state index contributed by atoms with van der Waals surface area (Å²) in [5.74, 6) is -0.0804. The fourth-order valence-electron chi connectivity index (χ4n) is 7.07. The minimum Gasteiger partial charge on any atom is -0.394 e. The fraction of sp³-hybridized carbons (Fsp3) is 0.784. The highest BCUT2D eigenvalue weighted by atomic mass is 16.3. The number of amides is 1. The number of unbranched alkanes of at least 4 members (excludes halogenated alkanes) is 28. The van der Waals surface area contributed by atoms with Gasteiger partial charge in [0.15, 0.2) is 0 Å². The van der Waals surface area contributed by atoms with Gasteiger partial charge in [-0.1, -0.05) is 222 Å². The first kappa shape index (κ1) is 53.1. The lowest BCUT2D eigenvalue weighted by Gasteiger charge is -2.19. The van der Waals surface area contributed by atoms with Crippen LogP contribution in [0.15, 0.2) is 60.8 Å². The molecule has 0 heterocycles. The number of hydrogen-bond donors (Lipinski definition) is 3. The second kappa shape index (κ2) is 46.5. The van der Waals surface area contributed by atoms with Gasteiger partial charge in [0.25, 0.3) is 0 Å². The van der Waals surface area contributed by atoms with Crippen LogP contribution >= 0.6 is 0 Å². The minimum absolute atomic E-state index is 0.0804. The zero-order valence-electron chi connectivity index (χ0n) is 36.7. The smallest absolute Gasteiger partial charge is 0.220 e. The molecule has 0 aliphatic rings. The van der Waals surface area contributed by atoms with Crippen molar-refractivity contribution in [3.63, 3.8) is 0 Å². The molecule has 3 N–H and O–H groups in total. The van der Waals surface area contributed by atoms with E-state index in [1.54, 1.807) is 6.08 Å². The molecule has 0 radical (unpaired) electrons. The zero-order valence-corrected chi connectivity index (χ0v) is 36.7. The van der Waals surface area contributed by atoms with Crippen molar-refractivity contribution in [1.29, 1.82) is 0 Å². The van der Waals surface area contributed by atoms with Gasteiger partial charge in [-0.2, -0.15) is 0 Å². The van der Waals surface area contributed by atoms with Gasteiger partial charge in [-0.25, -0.2) is 0 Å². The van der Waals surface area contributed by atoms with Crippen molar-refractivity contribution in [2.45, 2.75) is 251 Å². The van der Waals surface area contributed by atoms with Crippen LogP contribution in [-0.4, -0.2) is 34.9 Å². The molecular formula is C51H93NO3. The van der Waals surface area contributed by atoms with E-state index in [0.29, 0.717) is 6.42 Å². The Bertz CT molecular complexity index is 919. The zero-order chi connectivity index (χ0) is 40.0. The van der Waals surface area contributed by atoms with Gasteiger partial charge in [0, 0.05) is 6.42 Å². The lowest BCUT2D eigenvalue weighted by atomic mass is 10.0. The third-order valence-corrected chi connectivity index (χ3v) is 10.7. The van der Waals surface area contributed by atoms with Crippen LogP contribution in [0.3, 0.4) is 0 Å². The van der Waals surface area contributed by atoms with Crippen molar-refractivity contribution in [2.24, 2.45) is 0 Å². The Morgan fingerprint density at radius 1 is 0.455 bits per heavy atom. The van der Waals surface area contributed by atoms with E-state index in [1.807, 2.05) is 6.08 Å². The molecule has 0 aromatic carbocycles. The van der Waals surface area contributed by atoms with E-state index in [9.17, 15) is 15.0 Å². The summed E-state index contributed by atoms with van der Waals surface area (Å²) in [6, 6.07) is -0.644. The second-order valence-electron chi connectivity index (χ2n) is 16.1. The first-order chi connectivity index (χ1) is 27.2. The predicted octanol–water partition coefficient (Wildman–Crippen LogP) is 15.3. The summed E-state index contributed by atoms with van der Waals surface area (Å²) in [6.07, 6.45) is 65.2. The third-order valence-electron chi connectivity index (χ3n) is 10.7. The van der Waals surface area contributed by atoms with Gasteiger partial charge in [0.1, 0.15) is 0 Å². The van der Waals surface area contributed by atoms with Crippen LogP contribution in [0.4, 0.5) is 0 Å². The summed E-state index contributed by atoms with van der Waals surface area (Å²) < 4.78 is 0. The van der Waals surface area contributed by atoms with Gasteiger partial charge in [-0.15, -0.1) is 0 Å². The predicted molar refractivity (Wildman–Crippen MR) is 244 cm³/mol. The first-order valence-electron chi connectivity index (χ1n) is 24.0. The molecule has 4 nitrogen and oxygen atoms in total. The van der Waals surface area contributed by atoms with Crippen molar-refractivity contribution in [3.8, 4) is 0 Å². The van der Waals surface area contributed by atoms with E-state index < -0.39 is 12.1 Å². The van der Waals surface area contributed by atoms with Crippen LogP contribution in [-0.2, 0) is 4.79 Å². The van der Waals surface area contributed by atoms with Gasteiger partial charge in [0.05, 0.1) is 18.8 Å². The van der Waals surface area contributed by atoms with E-state index in [0.717, 1.165) is 51.4 Å². The molecule has 0 rings (SSSR count). The van der Waals surface area contributed by atoms with Crippen molar-refractivity contribution in [3.05, 3.63) is 60.8 Å². The van der Waals surface area contributed by atoms with Gasteiger partial charge >= 0.3 is 0 Å². The Morgan fingerprint density at radius 2 is 0.818 bits per heavy atom. The maximum Gasteiger partial charge on any atom is 0.220 e. The van der Waals surface area contributed by atoms with Crippen molar-refractivity contribution in [1.82, 2.24) is 5.32 Å². The maximum absolute atomic E-state index is 12.4. The monoisotopic (exact) mass is 768 g/mol. The van der Waals surface area contributed by atoms with Crippen LogP contribution in [0.2, 0.25) is 0 Å². The largest absolute Gasteiger partial charge is 0.394 e. The molecule has 0 saturated heterocycles. The van der Waals surface area contributed by atoms with Gasteiger partial charge in [-0.05, 0) is 70.6 Å². The molecule has 1 amide bonds. The molecular weight excluding hydrogens is 675 g/mol. The first-order valence-corrected chi connectivity index (χ1v) is 24.0. The maximum atomic E-state index is 12.4. The molecule has 2 atom stereocenters. The number of aliphatic hydroxyl groups excluding tert-OH is 2. The van der Waals surface area contributed by atoms with Crippen LogP contribution < -0.4 is 5.32 Å². The SMILES string of the molecule is CC/C=C/CC/C=C/CC/C=C/C(O)C(CO)NC(=O)CCCCCCCCCCCCCCCCCCC/C=C\C/C=C\CCCCCCCCCCC. The minimum atomic E-state index is -0.869. The summed E-state index contributed by atoms with van der Waals surface area (Å²) in [4.78, 5) is 12.4. The fourth-order valence-corrected chi connectivity index (χ4v) is 7.07. The van der Waals surface area contributed by atoms with E-state index in [2.05, 4.69) is 67.8 Å². The quantitative estimate of drug-likeness (QED) is 0.0427. The van der Waals surface area contributed by atoms with Crippen molar-refractivity contribution < 1.29 is 15.0 Å². The molecule has 0 saturated carbocycles. The molecule has 0 aromatic heterocycles. The summed E-state index contributed by atoms with van der Waals surface area (Å²) in [5, 5.41) is 22.9. The number of carbonyl (C=O) groups excluding carboxylic acids is 1. The highest BCUT2D eigenvalue weighted by Gasteiger charge is 2.17. The van der Waals surface area contributed by atoms with Crippen LogP contribution in [0.25, 0.3) is 0 Å². The molecule has 0 aliphatic heterocycles. The van der Waals surface area contributed by atoms with E-state index in [4.69, 9.17) is 0 Å². The topological polar surface area (TPSA) is 69.6 Å². The molecule has 0 aliphatic carbocycles. The van der Waals surface area contributed by atoms with E-state index in [1.165, 1.54) is 167 Å². The van der Waals surface area contributed by atoms with Gasteiger partial charge < -0.3 is 15.5 Å². The number of allylic oxidation sites excluding steroid dienone is 9. The molecule has 55 heavy (non-hydrogen) atoms. The molecule has 0 bridgehead atoms. The summed E-state index contributed by atoms with van der Waals surface area (Å²) in [6.45, 7) is 4.17. The second-order valence-corrected chi connectivity index (χ2v) is 16.1. The number of hydrogen-bond acceptors (Lipinski definition) is 3. The molecule has 2 unspecified atom stereocenters. The van der Waals surface area contributed by atoms with Crippen molar-refractivity contribution >= 4 is 5.91 Å². The average molecular weight is 768 g/mol. The molecule has 320 valence electrons. The molecule has 0 fully saturated rings. The van der Waals surface area contributed by atoms with Crippen LogP contribution in [0, 0.1) is 0 Å². The van der Waals surface area contributed by atoms with E-state index in [-0.39, 0.29) is 12.5 Å². The van der Waals surface area contributed by atoms with Crippen molar-refractivity contribution in [2.75, 3.05) is 6.61 Å². The molecule has 0 aromatic rings. The molecule has 0 spiro atoms. The normalized spacial score (nSPS) is 13.5. The Hall–Kier alpha value is -1.91. The number of rotatable bonds is 43. The Kier molecular flexibility index (Phi) is 44.9. The van der Waals surface area contributed by atoms with Gasteiger partial charge in [0.2, 0.25) is 5.91 Å². The standard InChI is InChI=1S/C51H93NO3/c1-3-5-7-9-11-13-15-16-17-18-19-20-21-22-23-24-25-26-27-28-29-30-31-32-33-34-35-36-37-39-41-43-45-47-51(55)52-49(48-53)50(54)46-44-42-40-38-14-12-10-8-6-4-2/h6,8,14,19-20,22-23,38,44,46,49-50,53-54H,3-5,7,9-13,15-18,21,24-37,39-43,45,47-48H2,1-2H3,(H,52,55)/b8-6+,20-19-,23-22-,38-14+,46-44+. The summed E-state index contributed by atoms with van der Waals surface area (Å²) in [7, 11) is 0. The Balaban J connectivity index is 3.45. The number of nitrogens with one attached hydrogen (secondary N) is 1. The average Bonchev–Trinajstić information content (AvgIpc) is 3.19. The molecule has 4 heteroatoms. The summed E-state index contributed by atoms with van der Waals surface area (Å²) in [5.41, 5.74) is 0. The number of aliphatic hydroxyl groups is 2. The van der Waals surface area contributed by atoms with E-state index >= 15 is 0 Å².